The molecule has 0 aromatic rings. The van der Waals surface area contributed by atoms with Gasteiger partial charge in [0.15, 0.2) is 0 Å². The smallest absolute Gasteiger partial charge is 0.222 e. The lowest BCUT2D eigenvalue weighted by molar-refractivity contribution is -0.127. The van der Waals surface area contributed by atoms with Crippen LogP contribution < -0.4 is 0 Å². The average molecular weight is 215 g/mol. The first-order chi connectivity index (χ1) is 6.65. The van der Waals surface area contributed by atoms with Crippen LogP contribution in [0, 0.1) is 11.8 Å². The third-order valence-electron chi connectivity index (χ3n) is 3.02. The van der Waals surface area contributed by atoms with Crippen LogP contribution in [0.25, 0.3) is 0 Å². The van der Waals surface area contributed by atoms with Crippen molar-refractivity contribution in [1.29, 1.82) is 0 Å². The fourth-order valence-electron chi connectivity index (χ4n) is 1.88. The number of carbonyl (C=O) groups is 1. The summed E-state index contributed by atoms with van der Waals surface area (Å²) in [7, 11) is 0. The van der Waals surface area contributed by atoms with Gasteiger partial charge in [0.2, 0.25) is 5.91 Å². The number of unbranched alkanes of at least 4 members (excludes halogenated alkanes) is 1. The van der Waals surface area contributed by atoms with E-state index in [1.54, 1.807) is 0 Å². The molecule has 14 heavy (non-hydrogen) atoms. The molecule has 1 unspecified atom stereocenters. The molecule has 0 aromatic carbocycles. The molecule has 0 saturated carbocycles. The molecule has 0 radical (unpaired) electrons. The van der Waals surface area contributed by atoms with Crippen molar-refractivity contribution in [2.24, 2.45) is 11.8 Å². The maximum Gasteiger partial charge on any atom is 0.222 e. The first kappa shape index (κ1) is 11.9. The Morgan fingerprint density at radius 1 is 1.50 bits per heavy atom. The summed E-state index contributed by atoms with van der Waals surface area (Å²) in [4.78, 5) is 13.6. The van der Waals surface area contributed by atoms with Crippen molar-refractivity contribution >= 4 is 18.5 Å². The van der Waals surface area contributed by atoms with Gasteiger partial charge in [-0.15, -0.1) is 0 Å². The minimum atomic E-state index is 0.350. The molecule has 1 aliphatic rings. The summed E-state index contributed by atoms with van der Waals surface area (Å²) >= 11 is 4.17. The molecule has 0 aliphatic carbocycles. The lowest BCUT2D eigenvalue weighted by atomic mass is 9.95. The number of nitrogens with zero attached hydrogens (tertiary/aromatic N) is 1. The van der Waals surface area contributed by atoms with E-state index >= 15 is 0 Å². The van der Waals surface area contributed by atoms with Gasteiger partial charge in [0.05, 0.1) is 0 Å². The van der Waals surface area contributed by atoms with Crippen molar-refractivity contribution in [2.45, 2.75) is 33.1 Å². The summed E-state index contributed by atoms with van der Waals surface area (Å²) in [6.45, 7) is 6.32. The van der Waals surface area contributed by atoms with Gasteiger partial charge in [-0.05, 0) is 30.4 Å². The SMILES string of the molecule is CC(C)C1CC(=O)N(CCCCS)C1. The summed E-state index contributed by atoms with van der Waals surface area (Å²) in [5.41, 5.74) is 0. The van der Waals surface area contributed by atoms with Crippen LogP contribution >= 0.6 is 12.6 Å². The van der Waals surface area contributed by atoms with Crippen molar-refractivity contribution in [3.63, 3.8) is 0 Å². The molecule has 0 N–H and O–H groups in total. The normalized spacial score (nSPS) is 22.4. The standard InChI is InChI=1S/C11H21NOS/c1-9(2)10-7-11(13)12(8-10)5-3-4-6-14/h9-10,14H,3-8H2,1-2H3. The fraction of sp³-hybridized carbons (Fsp3) is 0.909. The minimum absolute atomic E-state index is 0.350. The lowest BCUT2D eigenvalue weighted by Gasteiger charge is -2.17. The monoisotopic (exact) mass is 215 g/mol. The Bertz CT molecular complexity index is 194. The van der Waals surface area contributed by atoms with E-state index in [4.69, 9.17) is 0 Å². The molecule has 0 bridgehead atoms. The molecule has 1 heterocycles. The van der Waals surface area contributed by atoms with E-state index < -0.39 is 0 Å². The van der Waals surface area contributed by atoms with Gasteiger partial charge in [-0.2, -0.15) is 12.6 Å². The van der Waals surface area contributed by atoms with E-state index in [1.165, 1.54) is 0 Å². The maximum absolute atomic E-state index is 11.6. The first-order valence-electron chi connectivity index (χ1n) is 5.53. The molecule has 1 rings (SSSR count). The van der Waals surface area contributed by atoms with Crippen LogP contribution in [0.1, 0.15) is 33.1 Å². The molecule has 82 valence electrons. The Morgan fingerprint density at radius 2 is 2.21 bits per heavy atom. The number of amides is 1. The largest absolute Gasteiger partial charge is 0.342 e. The molecule has 0 spiro atoms. The summed E-state index contributed by atoms with van der Waals surface area (Å²) in [5.74, 6) is 2.49. The second-order valence-corrected chi connectivity index (χ2v) is 4.93. The van der Waals surface area contributed by atoms with Crippen molar-refractivity contribution in [3.8, 4) is 0 Å². The van der Waals surface area contributed by atoms with Crippen molar-refractivity contribution < 1.29 is 4.79 Å². The number of carbonyl (C=O) groups excluding carboxylic acids is 1. The van der Waals surface area contributed by atoms with Gasteiger partial charge in [-0.3, -0.25) is 4.79 Å². The van der Waals surface area contributed by atoms with E-state index in [1.807, 2.05) is 4.90 Å². The molecule has 1 saturated heterocycles. The van der Waals surface area contributed by atoms with Crippen LogP contribution in [-0.2, 0) is 4.79 Å². The lowest BCUT2D eigenvalue weighted by Crippen LogP contribution is -2.26. The topological polar surface area (TPSA) is 20.3 Å². The van der Waals surface area contributed by atoms with Crippen molar-refractivity contribution in [3.05, 3.63) is 0 Å². The molecule has 1 amide bonds. The van der Waals surface area contributed by atoms with Crippen molar-refractivity contribution in [1.82, 2.24) is 4.90 Å². The third-order valence-corrected chi connectivity index (χ3v) is 3.34. The molecule has 0 aromatic heterocycles. The number of likely N-dealkylation sites (tertiary alicyclic amines) is 1. The molecule has 3 heteroatoms. The minimum Gasteiger partial charge on any atom is -0.342 e. The van der Waals surface area contributed by atoms with E-state index in [9.17, 15) is 4.79 Å². The predicted octanol–water partition coefficient (Wildman–Crippen LogP) is 2.20. The van der Waals surface area contributed by atoms with Gasteiger partial charge in [-0.25, -0.2) is 0 Å². The maximum atomic E-state index is 11.6. The Morgan fingerprint density at radius 3 is 2.71 bits per heavy atom. The number of rotatable bonds is 5. The molecule has 1 aliphatic heterocycles. The van der Waals surface area contributed by atoms with Crippen LogP contribution in [0.2, 0.25) is 0 Å². The second-order valence-electron chi connectivity index (χ2n) is 4.48. The zero-order valence-electron chi connectivity index (χ0n) is 9.20. The highest BCUT2D eigenvalue weighted by atomic mass is 32.1. The highest BCUT2D eigenvalue weighted by Gasteiger charge is 2.30. The van der Waals surface area contributed by atoms with E-state index in [-0.39, 0.29) is 0 Å². The molecule has 2 nitrogen and oxygen atoms in total. The summed E-state index contributed by atoms with van der Waals surface area (Å²) in [5, 5.41) is 0. The number of hydrogen-bond acceptors (Lipinski definition) is 2. The molecular weight excluding hydrogens is 194 g/mol. The van der Waals surface area contributed by atoms with E-state index in [0.29, 0.717) is 17.7 Å². The Balaban J connectivity index is 2.30. The fourth-order valence-corrected chi connectivity index (χ4v) is 2.10. The van der Waals surface area contributed by atoms with Crippen LogP contribution in [0.3, 0.4) is 0 Å². The Hall–Kier alpha value is -0.180. The Kier molecular flexibility index (Phi) is 4.79. The summed E-state index contributed by atoms with van der Waals surface area (Å²) < 4.78 is 0. The Labute approximate surface area is 92.5 Å². The van der Waals surface area contributed by atoms with Crippen LogP contribution in [-0.4, -0.2) is 29.6 Å². The van der Waals surface area contributed by atoms with Gasteiger partial charge in [-0.1, -0.05) is 13.8 Å². The number of thiol groups is 1. The van der Waals surface area contributed by atoms with E-state index in [2.05, 4.69) is 26.5 Å². The molecule has 1 atom stereocenters. The predicted molar refractivity (Wildman–Crippen MR) is 62.6 cm³/mol. The molecular formula is C11H21NOS. The highest BCUT2D eigenvalue weighted by molar-refractivity contribution is 7.80. The van der Waals surface area contributed by atoms with Crippen LogP contribution in [0.15, 0.2) is 0 Å². The van der Waals surface area contributed by atoms with E-state index in [0.717, 1.165) is 38.1 Å². The highest BCUT2D eigenvalue weighted by Crippen LogP contribution is 2.24. The van der Waals surface area contributed by atoms with Gasteiger partial charge in [0.25, 0.3) is 0 Å². The molecule has 1 fully saturated rings. The third kappa shape index (κ3) is 3.19. The summed E-state index contributed by atoms with van der Waals surface area (Å²) in [6, 6.07) is 0. The van der Waals surface area contributed by atoms with Gasteiger partial charge >= 0.3 is 0 Å². The summed E-state index contributed by atoms with van der Waals surface area (Å²) in [6.07, 6.45) is 2.97. The number of hydrogen-bond donors (Lipinski definition) is 1. The zero-order valence-corrected chi connectivity index (χ0v) is 10.1. The average Bonchev–Trinajstić information content (AvgIpc) is 2.49. The zero-order chi connectivity index (χ0) is 10.6. The quantitative estimate of drug-likeness (QED) is 0.551. The van der Waals surface area contributed by atoms with Crippen molar-refractivity contribution in [2.75, 3.05) is 18.8 Å². The van der Waals surface area contributed by atoms with Gasteiger partial charge in [0, 0.05) is 19.5 Å². The van der Waals surface area contributed by atoms with Crippen LogP contribution in [0.5, 0.6) is 0 Å². The van der Waals surface area contributed by atoms with Crippen LogP contribution in [0.4, 0.5) is 0 Å². The first-order valence-corrected chi connectivity index (χ1v) is 6.17. The van der Waals surface area contributed by atoms with Gasteiger partial charge in [0.1, 0.15) is 0 Å². The van der Waals surface area contributed by atoms with Gasteiger partial charge < -0.3 is 4.90 Å². The second kappa shape index (κ2) is 5.64.